The fraction of sp³-hybridized carbons (Fsp3) is 0.900. The average molecular weight is 217 g/mol. The van der Waals surface area contributed by atoms with E-state index in [0.717, 1.165) is 0 Å². The fourth-order valence-corrected chi connectivity index (χ4v) is 1.67. The molecule has 1 atom stereocenters. The minimum Gasteiger partial charge on any atom is -0.396 e. The van der Waals surface area contributed by atoms with Crippen molar-refractivity contribution >= 4 is 5.91 Å². The third-order valence-electron chi connectivity index (χ3n) is 2.56. The van der Waals surface area contributed by atoms with Crippen LogP contribution >= 0.6 is 0 Å². The largest absolute Gasteiger partial charge is 0.396 e. The van der Waals surface area contributed by atoms with Crippen molar-refractivity contribution in [3.8, 4) is 0 Å². The van der Waals surface area contributed by atoms with Crippen molar-refractivity contribution in [3.63, 3.8) is 0 Å². The number of nitrogens with zero attached hydrogens (tertiary/aromatic N) is 1. The second-order valence-corrected chi connectivity index (χ2v) is 3.68. The lowest BCUT2D eigenvalue weighted by molar-refractivity contribution is -0.141. The fourth-order valence-electron chi connectivity index (χ4n) is 1.67. The summed E-state index contributed by atoms with van der Waals surface area (Å²) in [5.41, 5.74) is 0. The van der Waals surface area contributed by atoms with E-state index in [-0.39, 0.29) is 25.2 Å². The molecule has 0 radical (unpaired) electrons. The maximum Gasteiger partial charge on any atom is 0.223 e. The Kier molecular flexibility index (Phi) is 5.60. The first kappa shape index (κ1) is 12.4. The van der Waals surface area contributed by atoms with Crippen molar-refractivity contribution in [1.82, 2.24) is 4.90 Å². The molecule has 0 aliphatic carbocycles. The number of rotatable bonds is 5. The van der Waals surface area contributed by atoms with Crippen LogP contribution in [0.3, 0.4) is 0 Å². The van der Waals surface area contributed by atoms with Crippen LogP contribution in [-0.2, 0) is 9.53 Å². The Morgan fingerprint density at radius 1 is 1.40 bits per heavy atom. The molecule has 1 unspecified atom stereocenters. The highest BCUT2D eigenvalue weighted by molar-refractivity contribution is 5.76. The lowest BCUT2D eigenvalue weighted by Crippen LogP contribution is -2.50. The molecule has 1 heterocycles. The van der Waals surface area contributed by atoms with Crippen LogP contribution in [0.1, 0.15) is 19.3 Å². The van der Waals surface area contributed by atoms with E-state index in [1.54, 1.807) is 4.90 Å². The summed E-state index contributed by atoms with van der Waals surface area (Å²) in [6.07, 6.45) is 1.79. The van der Waals surface area contributed by atoms with Crippen LogP contribution in [0.2, 0.25) is 0 Å². The molecule has 5 nitrogen and oxygen atoms in total. The number of ether oxygens (including phenoxy) is 1. The second kappa shape index (κ2) is 6.76. The standard InChI is InChI=1S/C10H19NO4/c12-5-2-1-3-10(14)11-4-6-15-8-9(11)7-13/h9,12-13H,1-8H2. The van der Waals surface area contributed by atoms with Crippen LogP contribution in [-0.4, -0.2) is 60.0 Å². The molecule has 5 heteroatoms. The maximum absolute atomic E-state index is 11.7. The molecule has 1 aliphatic rings. The van der Waals surface area contributed by atoms with Crippen LogP contribution in [0.4, 0.5) is 0 Å². The molecule has 0 bridgehead atoms. The molecule has 0 saturated carbocycles. The van der Waals surface area contributed by atoms with Gasteiger partial charge in [-0.1, -0.05) is 0 Å². The summed E-state index contributed by atoms with van der Waals surface area (Å²) in [6.45, 7) is 1.60. The summed E-state index contributed by atoms with van der Waals surface area (Å²) in [5.74, 6) is 0.0470. The van der Waals surface area contributed by atoms with E-state index >= 15 is 0 Å². The number of unbranched alkanes of at least 4 members (excludes halogenated alkanes) is 1. The molecule has 1 fully saturated rings. The summed E-state index contributed by atoms with van der Waals surface area (Å²) in [7, 11) is 0. The minimum absolute atomic E-state index is 0.0470. The third-order valence-corrected chi connectivity index (χ3v) is 2.56. The van der Waals surface area contributed by atoms with Gasteiger partial charge in [-0.05, 0) is 12.8 Å². The van der Waals surface area contributed by atoms with Gasteiger partial charge < -0.3 is 19.8 Å². The smallest absolute Gasteiger partial charge is 0.223 e. The zero-order valence-electron chi connectivity index (χ0n) is 8.89. The molecule has 1 aliphatic heterocycles. The SMILES string of the molecule is O=C(CCCCO)N1CCOCC1CO. The van der Waals surface area contributed by atoms with Gasteiger partial charge in [-0.2, -0.15) is 0 Å². The quantitative estimate of drug-likeness (QED) is 0.601. The van der Waals surface area contributed by atoms with Gasteiger partial charge in [-0.3, -0.25) is 4.79 Å². The number of hydrogen-bond acceptors (Lipinski definition) is 4. The minimum atomic E-state index is -0.194. The molecular weight excluding hydrogens is 198 g/mol. The van der Waals surface area contributed by atoms with E-state index in [0.29, 0.717) is 39.0 Å². The molecule has 1 rings (SSSR count). The Balaban J connectivity index is 2.34. The van der Waals surface area contributed by atoms with E-state index in [1.165, 1.54) is 0 Å². The molecule has 0 aromatic heterocycles. The van der Waals surface area contributed by atoms with Crippen molar-refractivity contribution in [2.24, 2.45) is 0 Å². The summed E-state index contributed by atoms with van der Waals surface area (Å²) >= 11 is 0. The number of carbonyl (C=O) groups excluding carboxylic acids is 1. The van der Waals surface area contributed by atoms with Gasteiger partial charge in [0.15, 0.2) is 0 Å². The molecule has 1 saturated heterocycles. The predicted octanol–water partition coefficient (Wildman–Crippen LogP) is -0.631. The first-order chi connectivity index (χ1) is 7.29. The average Bonchev–Trinajstić information content (AvgIpc) is 2.29. The normalized spacial score (nSPS) is 21.7. The Morgan fingerprint density at radius 3 is 2.87 bits per heavy atom. The van der Waals surface area contributed by atoms with Gasteiger partial charge in [0, 0.05) is 19.6 Å². The van der Waals surface area contributed by atoms with Crippen LogP contribution in [0.15, 0.2) is 0 Å². The van der Waals surface area contributed by atoms with Crippen LogP contribution in [0.25, 0.3) is 0 Å². The van der Waals surface area contributed by atoms with Gasteiger partial charge >= 0.3 is 0 Å². The number of carbonyl (C=O) groups is 1. The zero-order valence-corrected chi connectivity index (χ0v) is 8.89. The van der Waals surface area contributed by atoms with Crippen molar-refractivity contribution in [3.05, 3.63) is 0 Å². The summed E-state index contributed by atoms with van der Waals surface area (Å²) in [5, 5.41) is 17.7. The molecule has 2 N–H and O–H groups in total. The highest BCUT2D eigenvalue weighted by atomic mass is 16.5. The van der Waals surface area contributed by atoms with Gasteiger partial charge in [0.05, 0.1) is 25.9 Å². The van der Waals surface area contributed by atoms with E-state index < -0.39 is 0 Å². The number of morpholine rings is 1. The third kappa shape index (κ3) is 3.77. The van der Waals surface area contributed by atoms with Crippen molar-refractivity contribution < 1.29 is 19.7 Å². The molecule has 1 amide bonds. The van der Waals surface area contributed by atoms with E-state index in [9.17, 15) is 4.79 Å². The summed E-state index contributed by atoms with van der Waals surface area (Å²) in [4.78, 5) is 13.4. The first-order valence-electron chi connectivity index (χ1n) is 5.38. The lowest BCUT2D eigenvalue weighted by atomic mass is 10.2. The van der Waals surface area contributed by atoms with Gasteiger partial charge in [-0.25, -0.2) is 0 Å². The van der Waals surface area contributed by atoms with E-state index in [1.807, 2.05) is 0 Å². The van der Waals surface area contributed by atoms with E-state index in [4.69, 9.17) is 14.9 Å². The second-order valence-electron chi connectivity index (χ2n) is 3.68. The Hall–Kier alpha value is -0.650. The first-order valence-corrected chi connectivity index (χ1v) is 5.38. The van der Waals surface area contributed by atoms with Crippen LogP contribution in [0, 0.1) is 0 Å². The van der Waals surface area contributed by atoms with Crippen molar-refractivity contribution in [2.75, 3.05) is 33.0 Å². The molecule has 15 heavy (non-hydrogen) atoms. The Morgan fingerprint density at radius 2 is 2.20 bits per heavy atom. The van der Waals surface area contributed by atoms with Gasteiger partial charge in [0.2, 0.25) is 5.91 Å². The van der Waals surface area contributed by atoms with E-state index in [2.05, 4.69) is 0 Å². The number of aliphatic hydroxyl groups excluding tert-OH is 2. The molecule has 0 spiro atoms. The number of aliphatic hydroxyl groups is 2. The highest BCUT2D eigenvalue weighted by Crippen LogP contribution is 2.10. The summed E-state index contributed by atoms with van der Waals surface area (Å²) in [6, 6.07) is -0.194. The van der Waals surface area contributed by atoms with Crippen molar-refractivity contribution in [2.45, 2.75) is 25.3 Å². The summed E-state index contributed by atoms with van der Waals surface area (Å²) < 4.78 is 5.19. The highest BCUT2D eigenvalue weighted by Gasteiger charge is 2.25. The monoisotopic (exact) mass is 217 g/mol. The molecule has 0 aromatic carbocycles. The molecular formula is C10H19NO4. The lowest BCUT2D eigenvalue weighted by Gasteiger charge is -2.34. The number of hydrogen-bond donors (Lipinski definition) is 2. The van der Waals surface area contributed by atoms with Crippen LogP contribution in [0.5, 0.6) is 0 Å². The van der Waals surface area contributed by atoms with Gasteiger partial charge in [-0.15, -0.1) is 0 Å². The maximum atomic E-state index is 11.7. The topological polar surface area (TPSA) is 70.0 Å². The molecule has 0 aromatic rings. The van der Waals surface area contributed by atoms with Gasteiger partial charge in [0.1, 0.15) is 0 Å². The molecule has 88 valence electrons. The van der Waals surface area contributed by atoms with Gasteiger partial charge in [0.25, 0.3) is 0 Å². The Labute approximate surface area is 89.6 Å². The Bertz CT molecular complexity index is 198. The number of amides is 1. The zero-order chi connectivity index (χ0) is 11.1. The van der Waals surface area contributed by atoms with Crippen LogP contribution < -0.4 is 0 Å². The predicted molar refractivity (Wildman–Crippen MR) is 54.3 cm³/mol. The van der Waals surface area contributed by atoms with Crippen molar-refractivity contribution in [1.29, 1.82) is 0 Å².